The number of carbonyl (C=O) groups is 1. The number of hydrazone groups is 1. The average molecular weight is 331 g/mol. The minimum absolute atomic E-state index is 0.117. The van der Waals surface area contributed by atoms with E-state index in [9.17, 15) is 9.90 Å². The zero-order valence-corrected chi connectivity index (χ0v) is 13.5. The van der Waals surface area contributed by atoms with Gasteiger partial charge in [0.05, 0.1) is 17.3 Å². The van der Waals surface area contributed by atoms with Gasteiger partial charge in [0.25, 0.3) is 5.91 Å². The van der Waals surface area contributed by atoms with Crippen LogP contribution >= 0.6 is 0 Å². The summed E-state index contributed by atoms with van der Waals surface area (Å²) in [5, 5.41) is 14.5. The molecule has 0 saturated heterocycles. The van der Waals surface area contributed by atoms with Gasteiger partial charge in [-0.25, -0.2) is 5.43 Å². The van der Waals surface area contributed by atoms with Crippen molar-refractivity contribution in [2.24, 2.45) is 5.10 Å². The third-order valence-corrected chi connectivity index (χ3v) is 4.28. The Balaban J connectivity index is 1.62. The molecule has 25 heavy (non-hydrogen) atoms. The number of phenolic OH excluding ortho intramolecular Hbond substituents is 1. The van der Waals surface area contributed by atoms with Gasteiger partial charge < -0.3 is 5.11 Å². The van der Waals surface area contributed by atoms with Gasteiger partial charge in [-0.05, 0) is 37.1 Å². The van der Waals surface area contributed by atoms with Crippen LogP contribution in [0.4, 0.5) is 0 Å². The summed E-state index contributed by atoms with van der Waals surface area (Å²) >= 11 is 0. The Morgan fingerprint density at radius 2 is 1.92 bits per heavy atom. The number of rotatable bonds is 4. The summed E-state index contributed by atoms with van der Waals surface area (Å²) in [5.41, 5.74) is 5.45. The Morgan fingerprint density at radius 3 is 2.72 bits per heavy atom. The van der Waals surface area contributed by atoms with Gasteiger partial charge in [0.15, 0.2) is 0 Å². The van der Waals surface area contributed by atoms with Crippen molar-refractivity contribution in [2.45, 2.75) is 18.8 Å². The molecule has 1 amide bonds. The first-order chi connectivity index (χ1) is 12.2. The summed E-state index contributed by atoms with van der Waals surface area (Å²) in [7, 11) is 0. The maximum Gasteiger partial charge on any atom is 0.272 e. The topological polar surface area (TPSA) is 74.6 Å². The van der Waals surface area contributed by atoms with E-state index in [0.29, 0.717) is 17.0 Å². The van der Waals surface area contributed by atoms with Crippen LogP contribution in [0.15, 0.2) is 59.7 Å². The lowest BCUT2D eigenvalue weighted by molar-refractivity contribution is 0.0956. The molecule has 0 spiro atoms. The van der Waals surface area contributed by atoms with Gasteiger partial charge in [0.2, 0.25) is 0 Å². The van der Waals surface area contributed by atoms with Crippen molar-refractivity contribution in [3.8, 4) is 5.75 Å². The molecule has 2 N–H and O–H groups in total. The molecule has 1 heterocycles. The molecule has 1 aromatic heterocycles. The lowest BCUT2D eigenvalue weighted by Gasteiger charge is -2.08. The number of fused-ring (bicyclic) bond motifs is 1. The van der Waals surface area contributed by atoms with Crippen molar-refractivity contribution in [3.05, 3.63) is 71.4 Å². The second-order valence-corrected chi connectivity index (χ2v) is 6.14. The number of phenols is 1. The number of aromatic nitrogens is 1. The molecule has 0 aliphatic heterocycles. The average Bonchev–Trinajstić information content (AvgIpc) is 3.47. The smallest absolute Gasteiger partial charge is 0.272 e. The van der Waals surface area contributed by atoms with E-state index in [2.05, 4.69) is 15.5 Å². The molecule has 1 saturated carbocycles. The number of carbonyl (C=O) groups excluding carboxylic acids is 1. The highest BCUT2D eigenvalue weighted by Crippen LogP contribution is 2.40. The number of nitrogens with one attached hydrogen (secondary N) is 1. The van der Waals surface area contributed by atoms with Crippen LogP contribution in [0.1, 0.15) is 40.4 Å². The molecule has 1 aliphatic rings. The predicted molar refractivity (Wildman–Crippen MR) is 96.9 cm³/mol. The van der Waals surface area contributed by atoms with Crippen LogP contribution in [0, 0.1) is 0 Å². The summed E-state index contributed by atoms with van der Waals surface area (Å²) in [5.74, 6) is 0.291. The summed E-state index contributed by atoms with van der Waals surface area (Å²) in [6.07, 6.45) is 3.67. The minimum atomic E-state index is -0.285. The van der Waals surface area contributed by atoms with E-state index in [-0.39, 0.29) is 11.7 Å². The molecule has 1 aliphatic carbocycles. The zero-order valence-electron chi connectivity index (χ0n) is 13.5. The van der Waals surface area contributed by atoms with Gasteiger partial charge in [-0.3, -0.25) is 9.78 Å². The quantitative estimate of drug-likeness (QED) is 0.567. The van der Waals surface area contributed by atoms with Crippen molar-refractivity contribution >= 4 is 23.0 Å². The van der Waals surface area contributed by atoms with Crippen LogP contribution in [0.2, 0.25) is 0 Å². The fourth-order valence-electron chi connectivity index (χ4n) is 2.79. The first-order valence-corrected chi connectivity index (χ1v) is 8.23. The molecule has 3 aromatic rings. The lowest BCUT2D eigenvalue weighted by atomic mass is 10.1. The molecule has 124 valence electrons. The molecule has 5 heteroatoms. The number of amides is 1. The minimum Gasteiger partial charge on any atom is -0.507 e. The molecular weight excluding hydrogens is 314 g/mol. The highest BCUT2D eigenvalue weighted by atomic mass is 16.3. The summed E-state index contributed by atoms with van der Waals surface area (Å²) < 4.78 is 0. The Kier molecular flexibility index (Phi) is 3.90. The van der Waals surface area contributed by atoms with Gasteiger partial charge in [0.1, 0.15) is 5.75 Å². The van der Waals surface area contributed by atoms with Gasteiger partial charge >= 0.3 is 0 Å². The number of aromatic hydroxyl groups is 1. The standard InChI is InChI=1S/C20H17N3O2/c24-19-8-4-1-5-14(19)12-21-23-20(25)16-11-18(13-9-10-13)22-17-7-3-2-6-15(16)17/h1-8,11-13,24H,9-10H2,(H,23,25)/b21-12+. The molecule has 1 fully saturated rings. The SMILES string of the molecule is O=C(N/N=C/c1ccccc1O)c1cc(C2CC2)nc2ccccc12. The Hall–Kier alpha value is -3.21. The molecule has 0 unspecified atom stereocenters. The highest BCUT2D eigenvalue weighted by Gasteiger charge is 2.26. The van der Waals surface area contributed by atoms with Crippen molar-refractivity contribution in [1.82, 2.24) is 10.4 Å². The van der Waals surface area contributed by atoms with Crippen molar-refractivity contribution in [3.63, 3.8) is 0 Å². The fourth-order valence-corrected chi connectivity index (χ4v) is 2.79. The number of pyridine rings is 1. The zero-order chi connectivity index (χ0) is 17.2. The van der Waals surface area contributed by atoms with Crippen molar-refractivity contribution in [1.29, 1.82) is 0 Å². The van der Waals surface area contributed by atoms with E-state index in [1.54, 1.807) is 24.3 Å². The maximum absolute atomic E-state index is 12.6. The van der Waals surface area contributed by atoms with Gasteiger partial charge in [0, 0.05) is 22.6 Å². The number of benzene rings is 2. The molecule has 4 rings (SSSR count). The largest absolute Gasteiger partial charge is 0.507 e. The number of hydrogen-bond donors (Lipinski definition) is 2. The lowest BCUT2D eigenvalue weighted by Crippen LogP contribution is -2.18. The number of para-hydroxylation sites is 2. The van der Waals surface area contributed by atoms with Crippen LogP contribution < -0.4 is 5.43 Å². The Labute approximate surface area is 145 Å². The first-order valence-electron chi connectivity index (χ1n) is 8.23. The highest BCUT2D eigenvalue weighted by molar-refractivity contribution is 6.06. The molecule has 5 nitrogen and oxygen atoms in total. The normalized spacial score (nSPS) is 14.1. The second kappa shape index (κ2) is 6.36. The van der Waals surface area contributed by atoms with Crippen LogP contribution in [0.3, 0.4) is 0 Å². The van der Waals surface area contributed by atoms with E-state index >= 15 is 0 Å². The van der Waals surface area contributed by atoms with E-state index in [1.165, 1.54) is 6.21 Å². The fraction of sp³-hybridized carbons (Fsp3) is 0.150. The molecule has 0 radical (unpaired) electrons. The Morgan fingerprint density at radius 1 is 1.16 bits per heavy atom. The van der Waals surface area contributed by atoms with E-state index in [1.807, 2.05) is 30.3 Å². The second-order valence-electron chi connectivity index (χ2n) is 6.14. The summed E-state index contributed by atoms with van der Waals surface area (Å²) in [4.78, 5) is 17.3. The number of hydrogen-bond acceptors (Lipinski definition) is 4. The third kappa shape index (κ3) is 3.21. The van der Waals surface area contributed by atoms with E-state index in [4.69, 9.17) is 0 Å². The summed E-state index contributed by atoms with van der Waals surface area (Å²) in [6, 6.07) is 16.3. The van der Waals surface area contributed by atoms with Crippen LogP contribution in [0.5, 0.6) is 5.75 Å². The van der Waals surface area contributed by atoms with Gasteiger partial charge in [-0.15, -0.1) is 0 Å². The Bertz CT molecular complexity index is 978. The molecule has 0 bridgehead atoms. The van der Waals surface area contributed by atoms with Crippen molar-refractivity contribution in [2.75, 3.05) is 0 Å². The predicted octanol–water partition coefficient (Wildman–Crippen LogP) is 3.58. The van der Waals surface area contributed by atoms with Gasteiger partial charge in [-0.2, -0.15) is 5.10 Å². The maximum atomic E-state index is 12.6. The first kappa shape index (κ1) is 15.3. The number of nitrogens with zero attached hydrogens (tertiary/aromatic N) is 2. The van der Waals surface area contributed by atoms with E-state index < -0.39 is 0 Å². The van der Waals surface area contributed by atoms with Crippen molar-refractivity contribution < 1.29 is 9.90 Å². The van der Waals surface area contributed by atoms with Gasteiger partial charge in [-0.1, -0.05) is 30.3 Å². The van der Waals surface area contributed by atoms with Crippen LogP contribution in [-0.2, 0) is 0 Å². The van der Waals surface area contributed by atoms with E-state index in [0.717, 1.165) is 29.4 Å². The molecule has 0 atom stereocenters. The molecule has 2 aromatic carbocycles. The van der Waals surface area contributed by atoms with Crippen LogP contribution in [0.25, 0.3) is 10.9 Å². The van der Waals surface area contributed by atoms with Crippen LogP contribution in [-0.4, -0.2) is 22.2 Å². The monoisotopic (exact) mass is 331 g/mol. The molecular formula is C20H17N3O2. The third-order valence-electron chi connectivity index (χ3n) is 4.28. The summed E-state index contributed by atoms with van der Waals surface area (Å²) in [6.45, 7) is 0.